The first-order valence-electron chi connectivity index (χ1n) is 5.54. The number of nitrogens with zero attached hydrogens (tertiary/aromatic N) is 1. The van der Waals surface area contributed by atoms with E-state index in [1.165, 1.54) is 0 Å². The Hall–Kier alpha value is -2.09. The van der Waals surface area contributed by atoms with Crippen LogP contribution in [0.1, 0.15) is 12.5 Å². The molecular formula is C15H15NO. The number of benzene rings is 2. The highest BCUT2D eigenvalue weighted by molar-refractivity contribution is 6.00. The van der Waals surface area contributed by atoms with E-state index in [1.807, 2.05) is 49.4 Å². The molecule has 17 heavy (non-hydrogen) atoms. The summed E-state index contributed by atoms with van der Waals surface area (Å²) in [5, 5.41) is 0. The van der Waals surface area contributed by atoms with Gasteiger partial charge < -0.3 is 4.74 Å². The van der Waals surface area contributed by atoms with Crippen molar-refractivity contribution in [2.75, 3.05) is 7.11 Å². The van der Waals surface area contributed by atoms with Crippen LogP contribution in [-0.2, 0) is 0 Å². The Morgan fingerprint density at radius 2 is 1.59 bits per heavy atom. The quantitative estimate of drug-likeness (QED) is 0.727. The van der Waals surface area contributed by atoms with E-state index in [0.717, 1.165) is 22.7 Å². The first-order valence-corrected chi connectivity index (χ1v) is 5.54. The number of hydrogen-bond acceptors (Lipinski definition) is 2. The summed E-state index contributed by atoms with van der Waals surface area (Å²) in [6.45, 7) is 2.01. The second-order valence-electron chi connectivity index (χ2n) is 3.76. The molecule has 0 amide bonds. The minimum atomic E-state index is 0.848. The van der Waals surface area contributed by atoms with Gasteiger partial charge in [0.1, 0.15) is 5.75 Å². The lowest BCUT2D eigenvalue weighted by molar-refractivity contribution is 0.415. The number of hydrogen-bond donors (Lipinski definition) is 0. The van der Waals surface area contributed by atoms with Gasteiger partial charge in [0.05, 0.1) is 12.8 Å². The molecule has 2 aromatic rings. The normalized spacial score (nSPS) is 11.3. The highest BCUT2D eigenvalue weighted by atomic mass is 16.5. The third-order valence-electron chi connectivity index (χ3n) is 2.56. The number of methoxy groups -OCH3 is 1. The minimum Gasteiger partial charge on any atom is -0.497 e. The van der Waals surface area contributed by atoms with Crippen molar-refractivity contribution in [2.45, 2.75) is 6.92 Å². The van der Waals surface area contributed by atoms with Gasteiger partial charge >= 0.3 is 0 Å². The summed E-state index contributed by atoms with van der Waals surface area (Å²) in [7, 11) is 1.66. The lowest BCUT2D eigenvalue weighted by atomic mass is 10.1. The van der Waals surface area contributed by atoms with Gasteiger partial charge in [0.15, 0.2) is 0 Å². The van der Waals surface area contributed by atoms with Crippen LogP contribution in [0, 0.1) is 0 Å². The fraction of sp³-hybridized carbons (Fsp3) is 0.133. The van der Waals surface area contributed by atoms with Gasteiger partial charge in [-0.05, 0) is 36.8 Å². The molecule has 0 saturated heterocycles. The lowest BCUT2D eigenvalue weighted by Crippen LogP contribution is -1.92. The fourth-order valence-electron chi connectivity index (χ4n) is 1.59. The van der Waals surface area contributed by atoms with Crippen molar-refractivity contribution < 1.29 is 4.74 Å². The molecule has 0 spiro atoms. The fourth-order valence-corrected chi connectivity index (χ4v) is 1.59. The number of aliphatic imine (C=N–C) groups is 1. The van der Waals surface area contributed by atoms with Gasteiger partial charge in [-0.15, -0.1) is 0 Å². The average molecular weight is 225 g/mol. The summed E-state index contributed by atoms with van der Waals surface area (Å²) >= 11 is 0. The maximum atomic E-state index is 5.11. The van der Waals surface area contributed by atoms with Crippen LogP contribution in [0.3, 0.4) is 0 Å². The van der Waals surface area contributed by atoms with E-state index in [1.54, 1.807) is 7.11 Å². The molecule has 2 aromatic carbocycles. The molecule has 0 atom stereocenters. The van der Waals surface area contributed by atoms with Crippen molar-refractivity contribution in [2.24, 2.45) is 4.99 Å². The summed E-state index contributed by atoms with van der Waals surface area (Å²) in [6.07, 6.45) is 0. The van der Waals surface area contributed by atoms with Crippen molar-refractivity contribution in [3.05, 3.63) is 60.2 Å². The van der Waals surface area contributed by atoms with Gasteiger partial charge in [-0.25, -0.2) is 0 Å². The van der Waals surface area contributed by atoms with Crippen LogP contribution in [0.4, 0.5) is 5.69 Å². The molecule has 0 aliphatic rings. The zero-order chi connectivity index (χ0) is 12.1. The molecule has 2 heteroatoms. The molecule has 2 nitrogen and oxygen atoms in total. The molecule has 0 aliphatic carbocycles. The minimum absolute atomic E-state index is 0.848. The number of ether oxygens (including phenoxy) is 1. The molecule has 0 heterocycles. The van der Waals surface area contributed by atoms with Crippen LogP contribution < -0.4 is 4.74 Å². The van der Waals surface area contributed by atoms with E-state index in [-0.39, 0.29) is 0 Å². The van der Waals surface area contributed by atoms with E-state index in [9.17, 15) is 0 Å². The SMILES string of the molecule is COc1ccc(/N=C(/C)c2ccccc2)cc1. The van der Waals surface area contributed by atoms with Crippen LogP contribution in [0.25, 0.3) is 0 Å². The largest absolute Gasteiger partial charge is 0.497 e. The molecule has 0 bridgehead atoms. The zero-order valence-corrected chi connectivity index (χ0v) is 10.1. The molecular weight excluding hydrogens is 210 g/mol. The maximum Gasteiger partial charge on any atom is 0.119 e. The number of rotatable bonds is 3. The third-order valence-corrected chi connectivity index (χ3v) is 2.56. The summed E-state index contributed by atoms with van der Waals surface area (Å²) in [6, 6.07) is 17.9. The highest BCUT2D eigenvalue weighted by Crippen LogP contribution is 2.18. The summed E-state index contributed by atoms with van der Waals surface area (Å²) in [4.78, 5) is 4.57. The predicted molar refractivity (Wildman–Crippen MR) is 71.3 cm³/mol. The Morgan fingerprint density at radius 1 is 0.941 bits per heavy atom. The summed E-state index contributed by atoms with van der Waals surface area (Å²) < 4.78 is 5.11. The Morgan fingerprint density at radius 3 is 2.18 bits per heavy atom. The van der Waals surface area contributed by atoms with E-state index >= 15 is 0 Å². The van der Waals surface area contributed by atoms with E-state index in [2.05, 4.69) is 17.1 Å². The molecule has 0 fully saturated rings. The Bertz CT molecular complexity index is 500. The van der Waals surface area contributed by atoms with Crippen LogP contribution in [-0.4, -0.2) is 12.8 Å². The Balaban J connectivity index is 2.23. The summed E-state index contributed by atoms with van der Waals surface area (Å²) in [5.41, 5.74) is 3.09. The highest BCUT2D eigenvalue weighted by Gasteiger charge is 1.97. The van der Waals surface area contributed by atoms with Crippen LogP contribution in [0.15, 0.2) is 59.6 Å². The predicted octanol–water partition coefficient (Wildman–Crippen LogP) is 3.84. The van der Waals surface area contributed by atoms with Crippen molar-refractivity contribution in [3.63, 3.8) is 0 Å². The molecule has 86 valence electrons. The third kappa shape index (κ3) is 2.94. The van der Waals surface area contributed by atoms with Gasteiger partial charge in [-0.1, -0.05) is 30.3 Å². The van der Waals surface area contributed by atoms with Crippen molar-refractivity contribution in [1.82, 2.24) is 0 Å². The molecule has 0 saturated carbocycles. The first-order chi connectivity index (χ1) is 8.29. The van der Waals surface area contributed by atoms with Gasteiger partial charge in [0, 0.05) is 5.71 Å². The topological polar surface area (TPSA) is 21.6 Å². The van der Waals surface area contributed by atoms with E-state index in [4.69, 9.17) is 4.74 Å². The van der Waals surface area contributed by atoms with Gasteiger partial charge in [0.2, 0.25) is 0 Å². The molecule has 0 aliphatic heterocycles. The monoisotopic (exact) mass is 225 g/mol. The van der Waals surface area contributed by atoms with E-state index in [0.29, 0.717) is 0 Å². The standard InChI is InChI=1S/C15H15NO/c1-12(13-6-4-3-5-7-13)16-14-8-10-15(17-2)11-9-14/h3-11H,1-2H3/b16-12-. The van der Waals surface area contributed by atoms with Gasteiger partial charge in [0.25, 0.3) is 0 Å². The van der Waals surface area contributed by atoms with Crippen molar-refractivity contribution in [3.8, 4) is 5.75 Å². The maximum absolute atomic E-state index is 5.11. The van der Waals surface area contributed by atoms with Gasteiger partial charge in [-0.3, -0.25) is 4.99 Å². The summed E-state index contributed by atoms with van der Waals surface area (Å²) in [5.74, 6) is 0.848. The second-order valence-corrected chi connectivity index (χ2v) is 3.76. The Labute approximate surface area is 102 Å². The van der Waals surface area contributed by atoms with Crippen molar-refractivity contribution >= 4 is 11.4 Å². The molecule has 2 rings (SSSR count). The molecule has 0 unspecified atom stereocenters. The molecule has 0 radical (unpaired) electrons. The molecule has 0 N–H and O–H groups in total. The lowest BCUT2D eigenvalue weighted by Gasteiger charge is -2.02. The molecule has 0 aromatic heterocycles. The van der Waals surface area contributed by atoms with Crippen LogP contribution >= 0.6 is 0 Å². The Kier molecular flexibility index (Phi) is 3.55. The average Bonchev–Trinajstić information content (AvgIpc) is 2.40. The van der Waals surface area contributed by atoms with Crippen LogP contribution in [0.5, 0.6) is 5.75 Å². The van der Waals surface area contributed by atoms with Gasteiger partial charge in [-0.2, -0.15) is 0 Å². The van der Waals surface area contributed by atoms with E-state index < -0.39 is 0 Å². The zero-order valence-electron chi connectivity index (χ0n) is 10.1. The smallest absolute Gasteiger partial charge is 0.119 e. The first kappa shape index (κ1) is 11.4. The van der Waals surface area contributed by atoms with Crippen molar-refractivity contribution in [1.29, 1.82) is 0 Å². The van der Waals surface area contributed by atoms with Crippen LogP contribution in [0.2, 0.25) is 0 Å². The second kappa shape index (κ2) is 5.30.